The number of para-hydroxylation sites is 1. The second-order valence-electron chi connectivity index (χ2n) is 7.86. The molecule has 172 valence electrons. The molecule has 2 aromatic carbocycles. The molecule has 0 aliphatic heterocycles. The van der Waals surface area contributed by atoms with Crippen LogP contribution in [0.2, 0.25) is 0 Å². The molecule has 5 aromatic rings. The zero-order chi connectivity index (χ0) is 24.5. The molecule has 0 unspecified atom stereocenters. The summed E-state index contributed by atoms with van der Waals surface area (Å²) in [6, 6.07) is 15.6. The predicted octanol–water partition coefficient (Wildman–Crippen LogP) is 2.87. The van der Waals surface area contributed by atoms with Crippen LogP contribution in [0.4, 0.5) is 5.82 Å². The molecule has 3 heterocycles. The summed E-state index contributed by atoms with van der Waals surface area (Å²) < 4.78 is 2.95. The Morgan fingerprint density at radius 2 is 1.91 bits per heavy atom. The second kappa shape index (κ2) is 8.76. The van der Waals surface area contributed by atoms with Crippen LogP contribution in [-0.4, -0.2) is 30.1 Å². The van der Waals surface area contributed by atoms with Crippen molar-refractivity contribution >= 4 is 28.3 Å². The van der Waals surface area contributed by atoms with E-state index in [1.165, 1.54) is 9.08 Å². The van der Waals surface area contributed by atoms with Crippen LogP contribution in [0.1, 0.15) is 41.6 Å². The monoisotopic (exact) mass is 463 g/mol. The minimum absolute atomic E-state index is 0.0584. The van der Waals surface area contributed by atoms with Crippen LogP contribution >= 0.6 is 0 Å². The first-order valence-electron chi connectivity index (χ1n) is 10.9. The zero-order valence-electron chi connectivity index (χ0n) is 19.1. The van der Waals surface area contributed by atoms with Gasteiger partial charge in [0, 0.05) is 18.0 Å². The maximum absolute atomic E-state index is 13.8. The van der Waals surface area contributed by atoms with Crippen molar-refractivity contribution in [3.8, 4) is 17.5 Å². The molecule has 0 saturated heterocycles. The van der Waals surface area contributed by atoms with E-state index in [0.717, 1.165) is 0 Å². The molecule has 3 N–H and O–H groups in total. The largest absolute Gasteiger partial charge is 0.381 e. The Kier molecular flexibility index (Phi) is 5.47. The lowest BCUT2D eigenvalue weighted by Gasteiger charge is -2.20. The summed E-state index contributed by atoms with van der Waals surface area (Å²) in [6.07, 6.45) is 3.22. The number of anilines is 1. The molecule has 0 aliphatic rings. The standard InChI is InChI=1S/C26H21N7O2/c1-3-9-17-10-7-13-19-20(17)26(35)33(18-11-5-4-6-12-18)23(30-19)16(2)29-25(34)21-22(27)31-32-15-8-14-28-24(21)32/h4-8,10-16H,1-2H3,(H2,27,31)(H,29,34)/t16-/m1/s1. The van der Waals surface area contributed by atoms with Crippen LogP contribution in [-0.2, 0) is 0 Å². The van der Waals surface area contributed by atoms with Crippen LogP contribution in [0.15, 0.2) is 71.8 Å². The second-order valence-corrected chi connectivity index (χ2v) is 7.86. The minimum atomic E-state index is -0.654. The van der Waals surface area contributed by atoms with E-state index in [0.29, 0.717) is 33.6 Å². The molecule has 0 bridgehead atoms. The number of carbonyl (C=O) groups excluding carboxylic acids is 1. The molecule has 1 amide bonds. The quantitative estimate of drug-likeness (QED) is 0.396. The van der Waals surface area contributed by atoms with E-state index >= 15 is 0 Å². The van der Waals surface area contributed by atoms with E-state index in [-0.39, 0.29) is 16.9 Å². The number of aromatic nitrogens is 5. The number of nitrogens with one attached hydrogen (secondary N) is 1. The molecule has 5 rings (SSSR count). The van der Waals surface area contributed by atoms with Gasteiger partial charge in [0.15, 0.2) is 11.5 Å². The number of carbonyl (C=O) groups is 1. The average Bonchev–Trinajstić information content (AvgIpc) is 3.20. The normalized spacial score (nSPS) is 11.7. The SMILES string of the molecule is CC#Cc1cccc2nc([C@@H](C)NC(=O)c3c(N)nn4cccnc34)n(-c3ccccc3)c(=O)c12. The van der Waals surface area contributed by atoms with Crippen LogP contribution in [0.5, 0.6) is 0 Å². The number of hydrogen-bond acceptors (Lipinski definition) is 6. The number of nitrogen functional groups attached to an aromatic ring is 1. The average molecular weight is 464 g/mol. The first-order chi connectivity index (χ1) is 17.0. The first kappa shape index (κ1) is 21.9. The van der Waals surface area contributed by atoms with Crippen LogP contribution in [0.3, 0.4) is 0 Å². The molecule has 0 saturated carbocycles. The summed E-state index contributed by atoms with van der Waals surface area (Å²) in [5.74, 6) is 5.80. The maximum Gasteiger partial charge on any atom is 0.267 e. The summed E-state index contributed by atoms with van der Waals surface area (Å²) in [5, 5.41) is 7.48. The lowest BCUT2D eigenvalue weighted by atomic mass is 10.1. The van der Waals surface area contributed by atoms with E-state index in [1.54, 1.807) is 50.5 Å². The van der Waals surface area contributed by atoms with E-state index < -0.39 is 11.9 Å². The van der Waals surface area contributed by atoms with E-state index in [9.17, 15) is 9.59 Å². The molecule has 9 nitrogen and oxygen atoms in total. The third kappa shape index (κ3) is 3.77. The van der Waals surface area contributed by atoms with Gasteiger partial charge in [-0.25, -0.2) is 14.5 Å². The molecule has 0 spiro atoms. The minimum Gasteiger partial charge on any atom is -0.381 e. The molecule has 35 heavy (non-hydrogen) atoms. The number of hydrogen-bond donors (Lipinski definition) is 2. The Labute approximate surface area is 200 Å². The zero-order valence-corrected chi connectivity index (χ0v) is 19.1. The molecular formula is C26H21N7O2. The van der Waals surface area contributed by atoms with Crippen molar-refractivity contribution < 1.29 is 4.79 Å². The van der Waals surface area contributed by atoms with E-state index in [1.807, 2.05) is 30.3 Å². The number of nitrogens with zero attached hydrogens (tertiary/aromatic N) is 5. The van der Waals surface area contributed by atoms with Gasteiger partial charge in [-0.2, -0.15) is 0 Å². The highest BCUT2D eigenvalue weighted by atomic mass is 16.2. The number of benzene rings is 2. The Morgan fingerprint density at radius 3 is 2.69 bits per heavy atom. The van der Waals surface area contributed by atoms with Gasteiger partial charge in [-0.15, -0.1) is 11.0 Å². The van der Waals surface area contributed by atoms with Crippen molar-refractivity contribution in [1.29, 1.82) is 0 Å². The van der Waals surface area contributed by atoms with Gasteiger partial charge in [-0.1, -0.05) is 30.2 Å². The van der Waals surface area contributed by atoms with Crippen molar-refractivity contribution in [2.45, 2.75) is 19.9 Å². The van der Waals surface area contributed by atoms with Crippen molar-refractivity contribution in [1.82, 2.24) is 29.5 Å². The molecule has 1 atom stereocenters. The summed E-state index contributed by atoms with van der Waals surface area (Å²) in [6.45, 7) is 3.48. The van der Waals surface area contributed by atoms with Crippen molar-refractivity contribution in [3.63, 3.8) is 0 Å². The number of nitrogens with two attached hydrogens (primary N) is 1. The van der Waals surface area contributed by atoms with Gasteiger partial charge in [0.1, 0.15) is 11.4 Å². The topological polar surface area (TPSA) is 120 Å². The van der Waals surface area contributed by atoms with Gasteiger partial charge >= 0.3 is 0 Å². The van der Waals surface area contributed by atoms with Gasteiger partial charge in [0.2, 0.25) is 0 Å². The van der Waals surface area contributed by atoms with Crippen molar-refractivity contribution in [3.05, 3.63) is 94.3 Å². The third-order valence-corrected chi connectivity index (χ3v) is 5.58. The fourth-order valence-corrected chi connectivity index (χ4v) is 4.06. The molecule has 0 fully saturated rings. The molecule has 0 radical (unpaired) electrons. The number of rotatable bonds is 4. The lowest BCUT2D eigenvalue weighted by Crippen LogP contribution is -2.33. The summed E-state index contributed by atoms with van der Waals surface area (Å²) in [4.78, 5) is 36.0. The summed E-state index contributed by atoms with van der Waals surface area (Å²) in [5.41, 5.74) is 7.96. The lowest BCUT2D eigenvalue weighted by molar-refractivity contribution is 0.0940. The van der Waals surface area contributed by atoms with Crippen LogP contribution < -0.4 is 16.6 Å². The Balaban J connectivity index is 1.66. The molecular weight excluding hydrogens is 442 g/mol. The molecule has 9 heteroatoms. The number of fused-ring (bicyclic) bond motifs is 2. The fraction of sp³-hybridized carbons (Fsp3) is 0.115. The van der Waals surface area contributed by atoms with Gasteiger partial charge in [-0.3, -0.25) is 14.2 Å². The molecule has 3 aromatic heterocycles. The van der Waals surface area contributed by atoms with Gasteiger partial charge < -0.3 is 11.1 Å². The summed E-state index contributed by atoms with van der Waals surface area (Å²) in [7, 11) is 0. The highest BCUT2D eigenvalue weighted by molar-refractivity contribution is 6.04. The highest BCUT2D eigenvalue weighted by Gasteiger charge is 2.24. The van der Waals surface area contributed by atoms with Crippen LogP contribution in [0.25, 0.3) is 22.2 Å². The predicted molar refractivity (Wildman–Crippen MR) is 133 cm³/mol. The van der Waals surface area contributed by atoms with Gasteiger partial charge in [-0.05, 0) is 44.2 Å². The van der Waals surface area contributed by atoms with E-state index in [2.05, 4.69) is 27.2 Å². The van der Waals surface area contributed by atoms with Gasteiger partial charge in [0.05, 0.1) is 22.6 Å². The molecule has 0 aliphatic carbocycles. The summed E-state index contributed by atoms with van der Waals surface area (Å²) >= 11 is 0. The maximum atomic E-state index is 13.8. The van der Waals surface area contributed by atoms with Crippen molar-refractivity contribution in [2.24, 2.45) is 0 Å². The Bertz CT molecular complexity index is 1710. The fourth-order valence-electron chi connectivity index (χ4n) is 4.06. The first-order valence-corrected chi connectivity index (χ1v) is 10.9. The smallest absolute Gasteiger partial charge is 0.267 e. The van der Waals surface area contributed by atoms with Crippen molar-refractivity contribution in [2.75, 3.05) is 5.73 Å². The number of amides is 1. The van der Waals surface area contributed by atoms with E-state index in [4.69, 9.17) is 10.7 Å². The Hall–Kier alpha value is -4.97. The van der Waals surface area contributed by atoms with Crippen LogP contribution in [0, 0.1) is 11.8 Å². The Morgan fingerprint density at radius 1 is 1.11 bits per heavy atom. The third-order valence-electron chi connectivity index (χ3n) is 5.58. The van der Waals surface area contributed by atoms with Gasteiger partial charge in [0.25, 0.3) is 11.5 Å². The highest BCUT2D eigenvalue weighted by Crippen LogP contribution is 2.22.